The molecule has 0 spiro atoms. The van der Waals surface area contributed by atoms with Crippen LogP contribution >= 0.6 is 0 Å². The zero-order valence-electron chi connectivity index (χ0n) is 10.7. The van der Waals surface area contributed by atoms with Crippen LogP contribution in [0, 0.1) is 17.3 Å². The number of hydrogen-bond donors (Lipinski definition) is 1. The first-order valence-electron chi connectivity index (χ1n) is 6.21. The van der Waals surface area contributed by atoms with Gasteiger partial charge in [-0.05, 0) is 36.5 Å². The molecule has 0 aromatic carbocycles. The minimum Gasteiger partial charge on any atom is -0.469 e. The first-order chi connectivity index (χ1) is 7.54. The van der Waals surface area contributed by atoms with Gasteiger partial charge in [0.05, 0.1) is 7.11 Å². The number of hydrogen-bond acceptors (Lipinski definition) is 3. The van der Waals surface area contributed by atoms with E-state index in [0.29, 0.717) is 24.4 Å². The van der Waals surface area contributed by atoms with Crippen LogP contribution in [0.1, 0.15) is 46.0 Å². The lowest BCUT2D eigenvalue weighted by Crippen LogP contribution is -1.99. The van der Waals surface area contributed by atoms with Crippen molar-refractivity contribution in [2.75, 3.05) is 13.7 Å². The fraction of sp³-hybridized carbons (Fsp3) is 0.923. The normalized spacial score (nSPS) is 26.5. The van der Waals surface area contributed by atoms with Crippen molar-refractivity contribution in [2.24, 2.45) is 17.3 Å². The van der Waals surface area contributed by atoms with E-state index in [4.69, 9.17) is 5.11 Å². The van der Waals surface area contributed by atoms with Crippen LogP contribution in [0.4, 0.5) is 0 Å². The van der Waals surface area contributed by atoms with Crippen molar-refractivity contribution < 1.29 is 14.6 Å². The molecule has 16 heavy (non-hydrogen) atoms. The first-order valence-corrected chi connectivity index (χ1v) is 6.21. The van der Waals surface area contributed by atoms with Crippen molar-refractivity contribution in [1.29, 1.82) is 0 Å². The molecule has 0 amide bonds. The van der Waals surface area contributed by atoms with Crippen LogP contribution in [-0.4, -0.2) is 24.8 Å². The van der Waals surface area contributed by atoms with Crippen molar-refractivity contribution in [1.82, 2.24) is 0 Å². The Kier molecular flexibility index (Phi) is 4.78. The van der Waals surface area contributed by atoms with E-state index in [1.54, 1.807) is 0 Å². The molecule has 1 saturated carbocycles. The molecule has 0 saturated heterocycles. The molecule has 94 valence electrons. The van der Waals surface area contributed by atoms with Gasteiger partial charge in [0.15, 0.2) is 0 Å². The summed E-state index contributed by atoms with van der Waals surface area (Å²) in [5.41, 5.74) is 0.397. The molecule has 3 nitrogen and oxygen atoms in total. The number of aliphatic hydroxyl groups is 1. The van der Waals surface area contributed by atoms with Crippen LogP contribution in [0.25, 0.3) is 0 Å². The standard InChI is InChI=1S/C13H24O3/c1-13(2)10(11(13)8-9-14)6-4-5-7-12(15)16-3/h10-11,14H,4-9H2,1-3H3. The summed E-state index contributed by atoms with van der Waals surface area (Å²) in [4.78, 5) is 10.9. The highest BCUT2D eigenvalue weighted by Crippen LogP contribution is 2.61. The number of carbonyl (C=O) groups excluding carboxylic acids is 1. The summed E-state index contributed by atoms with van der Waals surface area (Å²) in [6.07, 6.45) is 4.65. The quantitative estimate of drug-likeness (QED) is 0.537. The number of ether oxygens (including phenoxy) is 1. The molecule has 0 aliphatic heterocycles. The summed E-state index contributed by atoms with van der Waals surface area (Å²) < 4.78 is 4.60. The summed E-state index contributed by atoms with van der Waals surface area (Å²) in [6, 6.07) is 0. The second-order valence-corrected chi connectivity index (χ2v) is 5.37. The number of unbranched alkanes of at least 4 members (excludes halogenated alkanes) is 1. The number of esters is 1. The average Bonchev–Trinajstić information content (AvgIpc) is 2.76. The largest absolute Gasteiger partial charge is 0.469 e. The van der Waals surface area contributed by atoms with Gasteiger partial charge in [0, 0.05) is 13.0 Å². The van der Waals surface area contributed by atoms with E-state index >= 15 is 0 Å². The third-order valence-corrected chi connectivity index (χ3v) is 4.10. The average molecular weight is 228 g/mol. The van der Waals surface area contributed by atoms with Gasteiger partial charge < -0.3 is 9.84 Å². The monoisotopic (exact) mass is 228 g/mol. The van der Waals surface area contributed by atoms with Crippen LogP contribution in [0.15, 0.2) is 0 Å². The van der Waals surface area contributed by atoms with Gasteiger partial charge in [0.2, 0.25) is 0 Å². The molecular weight excluding hydrogens is 204 g/mol. The van der Waals surface area contributed by atoms with E-state index in [-0.39, 0.29) is 5.97 Å². The highest BCUT2D eigenvalue weighted by molar-refractivity contribution is 5.68. The lowest BCUT2D eigenvalue weighted by Gasteiger charge is -2.02. The zero-order chi connectivity index (χ0) is 12.2. The highest BCUT2D eigenvalue weighted by Gasteiger charge is 2.55. The van der Waals surface area contributed by atoms with E-state index < -0.39 is 0 Å². The van der Waals surface area contributed by atoms with Gasteiger partial charge >= 0.3 is 5.97 Å². The highest BCUT2D eigenvalue weighted by atomic mass is 16.5. The van der Waals surface area contributed by atoms with Gasteiger partial charge in [-0.15, -0.1) is 0 Å². The van der Waals surface area contributed by atoms with Crippen LogP contribution < -0.4 is 0 Å². The van der Waals surface area contributed by atoms with Gasteiger partial charge in [0.25, 0.3) is 0 Å². The van der Waals surface area contributed by atoms with Crippen molar-refractivity contribution in [3.8, 4) is 0 Å². The van der Waals surface area contributed by atoms with Gasteiger partial charge in [-0.2, -0.15) is 0 Å². The van der Waals surface area contributed by atoms with Crippen LogP contribution in [0.3, 0.4) is 0 Å². The summed E-state index contributed by atoms with van der Waals surface area (Å²) >= 11 is 0. The molecule has 0 bridgehead atoms. The Morgan fingerprint density at radius 1 is 1.25 bits per heavy atom. The molecule has 1 aliphatic carbocycles. The summed E-state index contributed by atoms with van der Waals surface area (Å²) in [5, 5.41) is 8.94. The SMILES string of the molecule is COC(=O)CCCCC1C(CCO)C1(C)C. The predicted molar refractivity (Wildman–Crippen MR) is 62.9 cm³/mol. The third kappa shape index (κ3) is 3.21. The number of carbonyl (C=O) groups is 1. The molecule has 1 fully saturated rings. The number of aliphatic hydroxyl groups excluding tert-OH is 1. The van der Waals surface area contributed by atoms with Gasteiger partial charge in [0.1, 0.15) is 0 Å². The summed E-state index contributed by atoms with van der Waals surface area (Å²) in [5.74, 6) is 1.30. The fourth-order valence-corrected chi connectivity index (χ4v) is 2.88. The second kappa shape index (κ2) is 5.67. The van der Waals surface area contributed by atoms with E-state index in [0.717, 1.165) is 25.2 Å². The molecule has 1 aliphatic rings. The fourth-order valence-electron chi connectivity index (χ4n) is 2.88. The summed E-state index contributed by atoms with van der Waals surface area (Å²) in [7, 11) is 1.43. The molecule has 3 heteroatoms. The van der Waals surface area contributed by atoms with Crippen molar-refractivity contribution in [2.45, 2.75) is 46.0 Å². The molecule has 1 rings (SSSR count). The predicted octanol–water partition coefficient (Wildman–Crippen LogP) is 2.37. The minimum atomic E-state index is -0.109. The minimum absolute atomic E-state index is 0.109. The van der Waals surface area contributed by atoms with E-state index in [2.05, 4.69) is 18.6 Å². The van der Waals surface area contributed by atoms with Crippen LogP contribution in [-0.2, 0) is 9.53 Å². The topological polar surface area (TPSA) is 46.5 Å². The van der Waals surface area contributed by atoms with E-state index in [1.807, 2.05) is 0 Å². The Balaban J connectivity index is 2.13. The number of rotatable bonds is 7. The third-order valence-electron chi connectivity index (χ3n) is 4.10. The Morgan fingerprint density at radius 3 is 2.44 bits per heavy atom. The Hall–Kier alpha value is -0.570. The maximum atomic E-state index is 10.9. The Bertz CT molecular complexity index is 235. The van der Waals surface area contributed by atoms with Crippen LogP contribution in [0.5, 0.6) is 0 Å². The number of methoxy groups -OCH3 is 1. The van der Waals surface area contributed by atoms with Crippen LogP contribution in [0.2, 0.25) is 0 Å². The molecule has 0 aromatic rings. The molecule has 0 aromatic heterocycles. The molecule has 0 heterocycles. The molecular formula is C13H24O3. The van der Waals surface area contributed by atoms with Gasteiger partial charge in [-0.1, -0.05) is 20.3 Å². The lowest BCUT2D eigenvalue weighted by atomic mass is 10.0. The van der Waals surface area contributed by atoms with Crippen molar-refractivity contribution in [3.05, 3.63) is 0 Å². The first kappa shape index (κ1) is 13.5. The smallest absolute Gasteiger partial charge is 0.305 e. The van der Waals surface area contributed by atoms with E-state index in [1.165, 1.54) is 13.5 Å². The van der Waals surface area contributed by atoms with Crippen molar-refractivity contribution >= 4 is 5.97 Å². The molecule has 0 radical (unpaired) electrons. The maximum Gasteiger partial charge on any atom is 0.305 e. The maximum absolute atomic E-state index is 10.9. The lowest BCUT2D eigenvalue weighted by molar-refractivity contribution is -0.140. The van der Waals surface area contributed by atoms with E-state index in [9.17, 15) is 4.79 Å². The van der Waals surface area contributed by atoms with Crippen molar-refractivity contribution in [3.63, 3.8) is 0 Å². The molecule has 2 unspecified atom stereocenters. The molecule has 2 atom stereocenters. The Morgan fingerprint density at radius 2 is 1.88 bits per heavy atom. The molecule has 1 N–H and O–H groups in total. The second-order valence-electron chi connectivity index (χ2n) is 5.37. The van der Waals surface area contributed by atoms with Gasteiger partial charge in [-0.3, -0.25) is 4.79 Å². The zero-order valence-corrected chi connectivity index (χ0v) is 10.7. The Labute approximate surface area is 98.2 Å². The van der Waals surface area contributed by atoms with Gasteiger partial charge in [-0.25, -0.2) is 0 Å². The summed E-state index contributed by atoms with van der Waals surface area (Å²) in [6.45, 7) is 4.85.